The SMILES string of the molecule is CC(=CCC(O)C1([SiH](C)C)CCCCO1)C(=O)O. The molecule has 0 radical (unpaired) electrons. The Bertz CT molecular complexity index is 319. The van der Waals surface area contributed by atoms with Crippen molar-refractivity contribution in [3.8, 4) is 0 Å². The summed E-state index contributed by atoms with van der Waals surface area (Å²) < 4.78 is 5.92. The van der Waals surface area contributed by atoms with Gasteiger partial charge in [0.15, 0.2) is 0 Å². The number of aliphatic hydroxyl groups is 1. The van der Waals surface area contributed by atoms with Crippen molar-refractivity contribution < 1.29 is 19.7 Å². The number of hydrogen-bond donors (Lipinski definition) is 2. The highest BCUT2D eigenvalue weighted by Crippen LogP contribution is 2.32. The Morgan fingerprint density at radius 1 is 1.50 bits per heavy atom. The molecule has 1 aliphatic rings. The number of rotatable bonds is 5. The minimum absolute atomic E-state index is 0.283. The van der Waals surface area contributed by atoms with Crippen LogP contribution in [0.25, 0.3) is 0 Å². The lowest BCUT2D eigenvalue weighted by Crippen LogP contribution is -2.56. The number of carboxylic acids is 1. The first-order valence-electron chi connectivity index (χ1n) is 6.62. The van der Waals surface area contributed by atoms with Gasteiger partial charge in [-0.3, -0.25) is 0 Å². The standard InChI is InChI=1S/C13H24O4Si/c1-10(12(15)16)6-7-11(14)13(18(2)3)8-4-5-9-17-13/h6,11,14,18H,4-5,7-9H2,1-3H3,(H,15,16). The van der Waals surface area contributed by atoms with Gasteiger partial charge in [0, 0.05) is 12.2 Å². The van der Waals surface area contributed by atoms with E-state index in [1.807, 2.05) is 0 Å². The number of hydrogen-bond acceptors (Lipinski definition) is 3. The average Bonchev–Trinajstić information content (AvgIpc) is 2.35. The quantitative estimate of drug-likeness (QED) is 0.591. The molecule has 0 spiro atoms. The summed E-state index contributed by atoms with van der Waals surface area (Å²) in [5, 5.41) is 18.8. The van der Waals surface area contributed by atoms with Crippen molar-refractivity contribution in [1.82, 2.24) is 0 Å². The van der Waals surface area contributed by atoms with Crippen LogP contribution in [0.5, 0.6) is 0 Å². The maximum atomic E-state index is 10.7. The lowest BCUT2D eigenvalue weighted by Gasteiger charge is -2.43. The van der Waals surface area contributed by atoms with E-state index in [1.54, 1.807) is 13.0 Å². The van der Waals surface area contributed by atoms with Gasteiger partial charge < -0.3 is 14.9 Å². The van der Waals surface area contributed by atoms with Crippen molar-refractivity contribution >= 4 is 14.8 Å². The minimum atomic E-state index is -1.18. The first-order chi connectivity index (χ1) is 8.40. The van der Waals surface area contributed by atoms with Crippen molar-refractivity contribution in [2.75, 3.05) is 6.61 Å². The molecule has 2 unspecified atom stereocenters. The largest absolute Gasteiger partial charge is 0.478 e. The number of aliphatic hydroxyl groups excluding tert-OH is 1. The van der Waals surface area contributed by atoms with E-state index in [0.717, 1.165) is 19.3 Å². The number of aliphatic carboxylic acids is 1. The number of carbonyl (C=O) groups is 1. The molecule has 0 bridgehead atoms. The summed E-state index contributed by atoms with van der Waals surface area (Å²) in [5.41, 5.74) is 0.283. The number of carboxylic acid groups (broad SMARTS) is 1. The van der Waals surface area contributed by atoms with Crippen molar-refractivity contribution in [1.29, 1.82) is 0 Å². The molecule has 0 saturated carbocycles. The van der Waals surface area contributed by atoms with E-state index < -0.39 is 20.9 Å². The summed E-state index contributed by atoms with van der Waals surface area (Å²) >= 11 is 0. The normalized spacial score (nSPS) is 27.3. The van der Waals surface area contributed by atoms with Crippen LogP contribution in [0.3, 0.4) is 0 Å². The lowest BCUT2D eigenvalue weighted by atomic mass is 10.00. The monoisotopic (exact) mass is 272 g/mol. The molecule has 0 aliphatic carbocycles. The summed E-state index contributed by atoms with van der Waals surface area (Å²) in [7, 11) is -1.18. The zero-order valence-corrected chi connectivity index (χ0v) is 12.6. The first kappa shape index (κ1) is 15.4. The fourth-order valence-electron chi connectivity index (χ4n) is 2.52. The van der Waals surface area contributed by atoms with Gasteiger partial charge in [-0.25, -0.2) is 4.79 Å². The van der Waals surface area contributed by atoms with Gasteiger partial charge in [-0.15, -0.1) is 0 Å². The molecule has 0 aromatic carbocycles. The van der Waals surface area contributed by atoms with Crippen molar-refractivity contribution in [2.24, 2.45) is 0 Å². The molecule has 0 aromatic heterocycles. The Morgan fingerprint density at radius 2 is 2.17 bits per heavy atom. The molecule has 0 amide bonds. The smallest absolute Gasteiger partial charge is 0.330 e. The van der Waals surface area contributed by atoms with Crippen LogP contribution < -0.4 is 0 Å². The van der Waals surface area contributed by atoms with Gasteiger partial charge >= 0.3 is 5.97 Å². The van der Waals surface area contributed by atoms with E-state index in [2.05, 4.69) is 13.1 Å². The first-order valence-corrected chi connectivity index (χ1v) is 9.51. The summed E-state index contributed by atoms with van der Waals surface area (Å²) in [6.45, 7) is 6.63. The van der Waals surface area contributed by atoms with Gasteiger partial charge in [-0.2, -0.15) is 0 Å². The Labute approximate surface area is 110 Å². The van der Waals surface area contributed by atoms with Crippen LogP contribution in [0.2, 0.25) is 13.1 Å². The molecule has 1 fully saturated rings. The van der Waals surface area contributed by atoms with E-state index in [9.17, 15) is 9.90 Å². The molecule has 4 nitrogen and oxygen atoms in total. The third-order valence-corrected chi connectivity index (χ3v) is 6.65. The molecule has 1 rings (SSSR count). The summed E-state index contributed by atoms with van der Waals surface area (Å²) in [6, 6.07) is 0. The molecule has 1 heterocycles. The summed E-state index contributed by atoms with van der Waals surface area (Å²) in [5.74, 6) is -0.928. The summed E-state index contributed by atoms with van der Waals surface area (Å²) in [6.07, 6.45) is 4.42. The van der Waals surface area contributed by atoms with Crippen LogP contribution in [0.15, 0.2) is 11.6 Å². The molecule has 1 saturated heterocycles. The van der Waals surface area contributed by atoms with Gasteiger partial charge in [0.05, 0.1) is 20.1 Å². The second-order valence-corrected chi connectivity index (χ2v) is 8.65. The Morgan fingerprint density at radius 3 is 2.61 bits per heavy atom. The van der Waals surface area contributed by atoms with Crippen LogP contribution in [0.1, 0.15) is 32.6 Å². The van der Waals surface area contributed by atoms with Crippen LogP contribution in [-0.2, 0) is 9.53 Å². The highest BCUT2D eigenvalue weighted by molar-refractivity contribution is 6.59. The fraction of sp³-hybridized carbons (Fsp3) is 0.769. The van der Waals surface area contributed by atoms with Crippen LogP contribution in [-0.4, -0.2) is 42.9 Å². The zero-order valence-electron chi connectivity index (χ0n) is 11.5. The van der Waals surface area contributed by atoms with Crippen molar-refractivity contribution in [3.63, 3.8) is 0 Å². The topological polar surface area (TPSA) is 66.8 Å². The van der Waals surface area contributed by atoms with Crippen LogP contribution >= 0.6 is 0 Å². The molecule has 0 aromatic rings. The van der Waals surface area contributed by atoms with Gasteiger partial charge in [0.1, 0.15) is 0 Å². The van der Waals surface area contributed by atoms with E-state index in [1.165, 1.54) is 0 Å². The Hall–Kier alpha value is -0.653. The van der Waals surface area contributed by atoms with Gasteiger partial charge in [-0.1, -0.05) is 19.2 Å². The van der Waals surface area contributed by atoms with Gasteiger partial charge in [0.25, 0.3) is 0 Å². The van der Waals surface area contributed by atoms with Crippen molar-refractivity contribution in [3.05, 3.63) is 11.6 Å². The van der Waals surface area contributed by atoms with Gasteiger partial charge in [0.2, 0.25) is 0 Å². The second-order valence-electron chi connectivity index (χ2n) is 5.36. The molecular formula is C13H24O4Si. The molecule has 1 aliphatic heterocycles. The summed E-state index contributed by atoms with van der Waals surface area (Å²) in [4.78, 5) is 10.7. The number of ether oxygens (including phenoxy) is 1. The molecule has 18 heavy (non-hydrogen) atoms. The average molecular weight is 272 g/mol. The highest BCUT2D eigenvalue weighted by Gasteiger charge is 2.43. The van der Waals surface area contributed by atoms with E-state index >= 15 is 0 Å². The molecule has 104 valence electrons. The third-order valence-electron chi connectivity index (χ3n) is 3.86. The van der Waals surface area contributed by atoms with E-state index in [-0.39, 0.29) is 10.8 Å². The molecule has 5 heteroatoms. The Balaban J connectivity index is 2.74. The van der Waals surface area contributed by atoms with Crippen LogP contribution in [0, 0.1) is 0 Å². The molecular weight excluding hydrogens is 248 g/mol. The van der Waals surface area contributed by atoms with Gasteiger partial charge in [-0.05, 0) is 32.6 Å². The molecule has 2 N–H and O–H groups in total. The minimum Gasteiger partial charge on any atom is -0.478 e. The zero-order chi connectivity index (χ0) is 13.8. The Kier molecular flexibility index (Phi) is 5.56. The maximum Gasteiger partial charge on any atom is 0.330 e. The predicted molar refractivity (Wildman–Crippen MR) is 73.4 cm³/mol. The van der Waals surface area contributed by atoms with E-state index in [0.29, 0.717) is 13.0 Å². The fourth-order valence-corrected chi connectivity index (χ4v) is 4.65. The predicted octanol–water partition coefficient (Wildman–Crippen LogP) is 1.73. The maximum absolute atomic E-state index is 10.7. The molecule has 2 atom stereocenters. The second kappa shape index (κ2) is 6.50. The van der Waals surface area contributed by atoms with Crippen LogP contribution in [0.4, 0.5) is 0 Å². The van der Waals surface area contributed by atoms with E-state index in [4.69, 9.17) is 9.84 Å². The van der Waals surface area contributed by atoms with Crippen molar-refractivity contribution in [2.45, 2.75) is 57.0 Å². The third kappa shape index (κ3) is 3.43. The lowest BCUT2D eigenvalue weighted by molar-refractivity contribution is -0.132. The highest BCUT2D eigenvalue weighted by atomic mass is 28.3.